The second-order valence-corrected chi connectivity index (χ2v) is 10.5. The van der Waals surface area contributed by atoms with Gasteiger partial charge in [-0.3, -0.25) is 19.2 Å². The lowest BCUT2D eigenvalue weighted by Crippen LogP contribution is -2.59. The zero-order chi connectivity index (χ0) is 29.5. The summed E-state index contributed by atoms with van der Waals surface area (Å²) < 4.78 is 5.61. The summed E-state index contributed by atoms with van der Waals surface area (Å²) in [6.45, 7) is 4.61. The monoisotopic (exact) mass is 557 g/mol. The zero-order valence-electron chi connectivity index (χ0n) is 23.4. The first-order chi connectivity index (χ1) is 18.4. The number of nitrogens with zero attached hydrogens (tertiary/aromatic N) is 1. The summed E-state index contributed by atoms with van der Waals surface area (Å²) in [4.78, 5) is 63.3. The van der Waals surface area contributed by atoms with E-state index >= 15 is 0 Å². The van der Waals surface area contributed by atoms with E-state index in [9.17, 15) is 34.2 Å². The Morgan fingerprint density at radius 2 is 1.72 bits per heavy atom. The Kier molecular flexibility index (Phi) is 15.6. The highest BCUT2D eigenvalue weighted by molar-refractivity contribution is 5.90. The van der Waals surface area contributed by atoms with E-state index in [1.807, 2.05) is 13.8 Å². The van der Waals surface area contributed by atoms with Crippen molar-refractivity contribution in [3.8, 4) is 0 Å². The third-order valence-corrected chi connectivity index (χ3v) is 6.87. The summed E-state index contributed by atoms with van der Waals surface area (Å²) in [5.41, 5.74) is 11.5. The molecule has 0 aromatic rings. The maximum Gasteiger partial charge on any atom is 0.326 e. The van der Waals surface area contributed by atoms with Crippen molar-refractivity contribution in [1.29, 1.82) is 0 Å². The van der Waals surface area contributed by atoms with Crippen molar-refractivity contribution in [1.82, 2.24) is 15.5 Å². The molecule has 0 aromatic heterocycles. The van der Waals surface area contributed by atoms with Crippen LogP contribution in [0.15, 0.2) is 0 Å². The molecule has 1 saturated heterocycles. The minimum absolute atomic E-state index is 0.0413. The quantitative estimate of drug-likeness (QED) is 0.126. The highest BCUT2D eigenvalue weighted by atomic mass is 16.5. The van der Waals surface area contributed by atoms with Crippen LogP contribution < -0.4 is 22.1 Å². The SMILES string of the molecule is CO[C@@H]1CCCN(C(=O)[C@H](CCC(=O)O)NC(=O)[C@@H](N)CC(C)C)[C@@H]1CCC(=O)N[C@@H](CCCCN)C(=O)O. The molecule has 13 nitrogen and oxygen atoms in total. The molecule has 1 rings (SSSR count). The Balaban J connectivity index is 3.00. The number of likely N-dealkylation sites (tertiary alicyclic amines) is 1. The molecule has 1 aliphatic heterocycles. The van der Waals surface area contributed by atoms with Crippen molar-refractivity contribution >= 4 is 29.7 Å². The van der Waals surface area contributed by atoms with Gasteiger partial charge >= 0.3 is 11.9 Å². The number of aliphatic carboxylic acids is 2. The van der Waals surface area contributed by atoms with Crippen molar-refractivity contribution in [2.24, 2.45) is 17.4 Å². The summed E-state index contributed by atoms with van der Waals surface area (Å²) in [7, 11) is 1.51. The van der Waals surface area contributed by atoms with Gasteiger partial charge in [-0.05, 0) is 63.8 Å². The van der Waals surface area contributed by atoms with Gasteiger partial charge in [0.25, 0.3) is 0 Å². The first kappa shape index (κ1) is 34.3. The first-order valence-electron chi connectivity index (χ1n) is 13.7. The molecule has 0 aromatic carbocycles. The van der Waals surface area contributed by atoms with Crippen LogP contribution in [0.5, 0.6) is 0 Å². The number of hydrogen-bond acceptors (Lipinski definition) is 8. The summed E-state index contributed by atoms with van der Waals surface area (Å²) in [5.74, 6) is -3.53. The van der Waals surface area contributed by atoms with Crippen molar-refractivity contribution in [2.45, 2.75) is 108 Å². The number of hydrogen-bond donors (Lipinski definition) is 6. The molecule has 39 heavy (non-hydrogen) atoms. The van der Waals surface area contributed by atoms with Gasteiger partial charge in [0, 0.05) is 26.5 Å². The van der Waals surface area contributed by atoms with Crippen molar-refractivity contribution in [3.63, 3.8) is 0 Å². The van der Waals surface area contributed by atoms with Gasteiger partial charge in [0.2, 0.25) is 17.7 Å². The Bertz CT molecular complexity index is 824. The fourth-order valence-electron chi connectivity index (χ4n) is 4.83. The summed E-state index contributed by atoms with van der Waals surface area (Å²) >= 11 is 0. The lowest BCUT2D eigenvalue weighted by Gasteiger charge is -2.42. The van der Waals surface area contributed by atoms with E-state index < -0.39 is 53.8 Å². The standard InChI is InChI=1S/C26H47N5O8/c1-16(2)15-17(28)24(35)30-18(9-12-23(33)34)25(36)31-14-6-8-21(39-3)20(31)10-11-22(32)29-19(26(37)38)7-4-5-13-27/h16-21H,4-15,27-28H2,1-3H3,(H,29,32)(H,30,35)(H,33,34)(H,37,38)/t17-,18-,19-,20+,21+/m0/s1. The molecule has 1 heterocycles. The fraction of sp³-hybridized carbons (Fsp3) is 0.808. The summed E-state index contributed by atoms with van der Waals surface area (Å²) in [6.07, 6.45) is 2.50. The van der Waals surface area contributed by atoms with Gasteiger partial charge in [-0.15, -0.1) is 0 Å². The number of carbonyl (C=O) groups is 5. The van der Waals surface area contributed by atoms with Crippen LogP contribution in [-0.2, 0) is 28.7 Å². The van der Waals surface area contributed by atoms with Crippen LogP contribution in [0.1, 0.15) is 78.1 Å². The number of piperidine rings is 1. The van der Waals surface area contributed by atoms with Crippen molar-refractivity contribution in [3.05, 3.63) is 0 Å². The van der Waals surface area contributed by atoms with Gasteiger partial charge in [-0.2, -0.15) is 0 Å². The number of nitrogens with one attached hydrogen (secondary N) is 2. The summed E-state index contributed by atoms with van der Waals surface area (Å²) in [6, 6.07) is -3.49. The van der Waals surface area contributed by atoms with Gasteiger partial charge in [-0.1, -0.05) is 13.8 Å². The first-order valence-corrected chi connectivity index (χ1v) is 13.7. The molecule has 0 saturated carbocycles. The number of rotatable bonds is 18. The number of amides is 3. The molecule has 5 atom stereocenters. The molecule has 8 N–H and O–H groups in total. The normalized spacial score (nSPS) is 19.7. The molecular weight excluding hydrogens is 510 g/mol. The average Bonchev–Trinajstić information content (AvgIpc) is 2.87. The van der Waals surface area contributed by atoms with Crippen molar-refractivity contribution in [2.75, 3.05) is 20.2 Å². The molecule has 0 aliphatic carbocycles. The van der Waals surface area contributed by atoms with Gasteiger partial charge in [0.05, 0.1) is 18.2 Å². The topological polar surface area (TPSA) is 214 Å². The van der Waals surface area contributed by atoms with E-state index in [-0.39, 0.29) is 44.1 Å². The van der Waals surface area contributed by atoms with Crippen LogP contribution >= 0.6 is 0 Å². The fourth-order valence-corrected chi connectivity index (χ4v) is 4.83. The Morgan fingerprint density at radius 3 is 2.28 bits per heavy atom. The molecule has 1 aliphatic rings. The van der Waals surface area contributed by atoms with E-state index in [0.717, 1.165) is 0 Å². The largest absolute Gasteiger partial charge is 0.481 e. The lowest BCUT2D eigenvalue weighted by atomic mass is 9.93. The van der Waals surface area contributed by atoms with Crippen LogP contribution in [0.25, 0.3) is 0 Å². The molecule has 1 fully saturated rings. The maximum atomic E-state index is 13.7. The predicted molar refractivity (Wildman–Crippen MR) is 143 cm³/mol. The van der Waals surface area contributed by atoms with E-state index in [1.165, 1.54) is 7.11 Å². The van der Waals surface area contributed by atoms with Crippen molar-refractivity contribution < 1.29 is 38.9 Å². The molecular formula is C26H47N5O8. The van der Waals surface area contributed by atoms with Crippen LogP contribution in [0, 0.1) is 5.92 Å². The molecule has 0 unspecified atom stereocenters. The van der Waals surface area contributed by atoms with E-state index in [2.05, 4.69) is 10.6 Å². The molecule has 3 amide bonds. The van der Waals surface area contributed by atoms with Crippen LogP contribution in [0.4, 0.5) is 0 Å². The lowest BCUT2D eigenvalue weighted by molar-refractivity contribution is -0.146. The Labute approximate surface area is 230 Å². The number of nitrogens with two attached hydrogens (primary N) is 2. The molecule has 224 valence electrons. The average molecular weight is 558 g/mol. The van der Waals surface area contributed by atoms with Crippen LogP contribution in [0.3, 0.4) is 0 Å². The van der Waals surface area contributed by atoms with Gasteiger partial charge < -0.3 is 42.0 Å². The Morgan fingerprint density at radius 1 is 1.03 bits per heavy atom. The highest BCUT2D eigenvalue weighted by Gasteiger charge is 2.38. The van der Waals surface area contributed by atoms with Gasteiger partial charge in [0.15, 0.2) is 0 Å². The third-order valence-electron chi connectivity index (χ3n) is 6.87. The number of carboxylic acids is 2. The number of carbonyl (C=O) groups excluding carboxylic acids is 3. The number of methoxy groups -OCH3 is 1. The summed E-state index contributed by atoms with van der Waals surface area (Å²) in [5, 5.41) is 23.8. The van der Waals surface area contributed by atoms with Crippen LogP contribution in [0.2, 0.25) is 0 Å². The van der Waals surface area contributed by atoms with E-state index in [4.69, 9.17) is 16.2 Å². The minimum Gasteiger partial charge on any atom is -0.481 e. The molecule has 13 heteroatoms. The molecule has 0 spiro atoms. The van der Waals surface area contributed by atoms with Gasteiger partial charge in [-0.25, -0.2) is 4.79 Å². The number of unbranched alkanes of at least 4 members (excludes halogenated alkanes) is 1. The zero-order valence-corrected chi connectivity index (χ0v) is 23.4. The van der Waals surface area contributed by atoms with E-state index in [1.54, 1.807) is 4.90 Å². The second kappa shape index (κ2) is 17.7. The van der Waals surface area contributed by atoms with Gasteiger partial charge in [0.1, 0.15) is 12.1 Å². The van der Waals surface area contributed by atoms with Crippen LogP contribution in [-0.4, -0.2) is 95.2 Å². The second-order valence-electron chi connectivity index (χ2n) is 10.5. The Hall–Kier alpha value is -2.77. The maximum absolute atomic E-state index is 13.7. The minimum atomic E-state index is -1.13. The molecule has 0 bridgehead atoms. The highest BCUT2D eigenvalue weighted by Crippen LogP contribution is 2.25. The smallest absolute Gasteiger partial charge is 0.326 e. The number of ether oxygens (including phenoxy) is 1. The third kappa shape index (κ3) is 12.3. The number of carboxylic acid groups (broad SMARTS) is 2. The van der Waals surface area contributed by atoms with E-state index in [0.29, 0.717) is 45.2 Å². The predicted octanol–water partition coefficient (Wildman–Crippen LogP) is 0.194. The molecule has 0 radical (unpaired) electrons.